The molecular formula is C18H20FNO4. The Bertz CT molecular complexity index is 676. The van der Waals surface area contributed by atoms with Crippen LogP contribution in [0, 0.1) is 23.1 Å². The molecule has 0 spiro atoms. The van der Waals surface area contributed by atoms with Gasteiger partial charge < -0.3 is 14.7 Å². The standard InChI is InChI=1S/C18H20FNO4/c19-13-3-1-11(2-4-13)14-7-15(14)16(21)20-8-12-9-24-6-5-18(12,10-20)17(22)23/h1-4,12,14-15H,5-10H2,(H,22,23)/t12-,14?,15?,18+/m0/s1. The molecule has 1 amide bonds. The van der Waals surface area contributed by atoms with Crippen LogP contribution in [0.1, 0.15) is 24.3 Å². The lowest BCUT2D eigenvalue weighted by molar-refractivity contribution is -0.157. The number of ether oxygens (including phenoxy) is 1. The molecule has 6 heteroatoms. The Morgan fingerprint density at radius 1 is 1.29 bits per heavy atom. The average molecular weight is 333 g/mol. The molecule has 24 heavy (non-hydrogen) atoms. The predicted molar refractivity (Wildman–Crippen MR) is 82.8 cm³/mol. The maximum Gasteiger partial charge on any atom is 0.311 e. The van der Waals surface area contributed by atoms with Gasteiger partial charge >= 0.3 is 5.97 Å². The number of carbonyl (C=O) groups is 2. The van der Waals surface area contributed by atoms with Crippen LogP contribution < -0.4 is 0 Å². The minimum atomic E-state index is -0.853. The molecule has 3 aliphatic rings. The first-order valence-corrected chi connectivity index (χ1v) is 8.37. The van der Waals surface area contributed by atoms with Crippen molar-refractivity contribution >= 4 is 11.9 Å². The minimum absolute atomic E-state index is 0.0272. The monoisotopic (exact) mass is 333 g/mol. The molecule has 2 aliphatic heterocycles. The zero-order chi connectivity index (χ0) is 16.9. The Balaban J connectivity index is 1.47. The number of rotatable bonds is 3. The zero-order valence-electron chi connectivity index (χ0n) is 13.3. The summed E-state index contributed by atoms with van der Waals surface area (Å²) in [6, 6.07) is 6.28. The predicted octanol–water partition coefficient (Wildman–Crippen LogP) is 1.88. The molecule has 128 valence electrons. The lowest BCUT2D eigenvalue weighted by Gasteiger charge is -2.33. The van der Waals surface area contributed by atoms with Gasteiger partial charge in [-0.15, -0.1) is 0 Å². The van der Waals surface area contributed by atoms with Gasteiger partial charge in [0, 0.05) is 31.5 Å². The van der Waals surface area contributed by atoms with Crippen molar-refractivity contribution in [3.8, 4) is 0 Å². The zero-order valence-corrected chi connectivity index (χ0v) is 13.3. The molecule has 1 aromatic rings. The first-order valence-electron chi connectivity index (χ1n) is 8.37. The summed E-state index contributed by atoms with van der Waals surface area (Å²) in [6.45, 7) is 1.58. The SMILES string of the molecule is O=C(C1CC1c1ccc(F)cc1)N1C[C@H]2COCC[C@@]2(C(=O)O)C1. The van der Waals surface area contributed by atoms with E-state index in [2.05, 4.69) is 0 Å². The number of carbonyl (C=O) groups excluding carboxylic acids is 1. The number of amides is 1. The highest BCUT2D eigenvalue weighted by atomic mass is 19.1. The van der Waals surface area contributed by atoms with Gasteiger partial charge in [0.2, 0.25) is 5.91 Å². The normalized spacial score (nSPS) is 34.7. The number of likely N-dealkylation sites (tertiary alicyclic amines) is 1. The fourth-order valence-electron chi connectivity index (χ4n) is 4.25. The molecular weight excluding hydrogens is 313 g/mol. The van der Waals surface area contributed by atoms with Gasteiger partial charge in [-0.05, 0) is 36.5 Å². The number of nitrogens with zero attached hydrogens (tertiary/aromatic N) is 1. The summed E-state index contributed by atoms with van der Waals surface area (Å²) in [6.07, 6.45) is 1.21. The third kappa shape index (κ3) is 2.40. The highest BCUT2D eigenvalue weighted by Crippen LogP contribution is 2.50. The van der Waals surface area contributed by atoms with Crippen LogP contribution in [0.25, 0.3) is 0 Å². The van der Waals surface area contributed by atoms with E-state index in [0.29, 0.717) is 26.2 Å². The summed E-state index contributed by atoms with van der Waals surface area (Å²) in [5.74, 6) is -1.19. The van der Waals surface area contributed by atoms with Crippen molar-refractivity contribution < 1.29 is 23.8 Å². The second-order valence-electron chi connectivity index (χ2n) is 7.20. The molecule has 1 saturated carbocycles. The smallest absolute Gasteiger partial charge is 0.311 e. The molecule has 4 atom stereocenters. The Kier molecular flexibility index (Phi) is 3.60. The van der Waals surface area contributed by atoms with Gasteiger partial charge in [-0.3, -0.25) is 9.59 Å². The number of benzene rings is 1. The molecule has 2 heterocycles. The Morgan fingerprint density at radius 2 is 2.04 bits per heavy atom. The van der Waals surface area contributed by atoms with Gasteiger partial charge in [-0.1, -0.05) is 12.1 Å². The number of hydrogen-bond donors (Lipinski definition) is 1. The van der Waals surface area contributed by atoms with Crippen molar-refractivity contribution in [2.75, 3.05) is 26.3 Å². The van der Waals surface area contributed by atoms with Gasteiger partial charge in [-0.25, -0.2) is 4.39 Å². The Morgan fingerprint density at radius 3 is 2.71 bits per heavy atom. The maximum absolute atomic E-state index is 13.0. The average Bonchev–Trinajstić information content (AvgIpc) is 3.26. The highest BCUT2D eigenvalue weighted by molar-refractivity contribution is 5.85. The van der Waals surface area contributed by atoms with E-state index >= 15 is 0 Å². The molecule has 2 saturated heterocycles. The molecule has 5 nitrogen and oxygen atoms in total. The lowest BCUT2D eigenvalue weighted by Crippen LogP contribution is -2.45. The number of aliphatic carboxylic acids is 1. The van der Waals surface area contributed by atoms with E-state index in [1.54, 1.807) is 17.0 Å². The quantitative estimate of drug-likeness (QED) is 0.917. The minimum Gasteiger partial charge on any atom is -0.481 e. The number of fused-ring (bicyclic) bond motifs is 1. The van der Waals surface area contributed by atoms with Crippen molar-refractivity contribution in [1.29, 1.82) is 0 Å². The van der Waals surface area contributed by atoms with E-state index in [0.717, 1.165) is 12.0 Å². The molecule has 1 N–H and O–H groups in total. The van der Waals surface area contributed by atoms with Crippen molar-refractivity contribution in [3.63, 3.8) is 0 Å². The van der Waals surface area contributed by atoms with Crippen molar-refractivity contribution in [3.05, 3.63) is 35.6 Å². The van der Waals surface area contributed by atoms with Gasteiger partial charge in [0.1, 0.15) is 5.82 Å². The third-order valence-corrected chi connectivity index (χ3v) is 5.85. The van der Waals surface area contributed by atoms with E-state index in [4.69, 9.17) is 4.74 Å². The van der Waals surface area contributed by atoms with Crippen LogP contribution in [0.3, 0.4) is 0 Å². The summed E-state index contributed by atoms with van der Waals surface area (Å²) < 4.78 is 18.4. The first kappa shape index (κ1) is 15.6. The van der Waals surface area contributed by atoms with Crippen LogP contribution >= 0.6 is 0 Å². The van der Waals surface area contributed by atoms with Crippen LogP contribution in [0.5, 0.6) is 0 Å². The summed E-state index contributed by atoms with van der Waals surface area (Å²) in [5.41, 5.74) is 0.122. The van der Waals surface area contributed by atoms with E-state index < -0.39 is 11.4 Å². The Hall–Kier alpha value is -1.95. The summed E-state index contributed by atoms with van der Waals surface area (Å²) in [5, 5.41) is 9.68. The van der Waals surface area contributed by atoms with Gasteiger partial charge in [0.15, 0.2) is 0 Å². The van der Waals surface area contributed by atoms with Crippen molar-refractivity contribution in [2.45, 2.75) is 18.8 Å². The summed E-state index contributed by atoms with van der Waals surface area (Å²) >= 11 is 0. The number of hydrogen-bond acceptors (Lipinski definition) is 3. The van der Waals surface area contributed by atoms with Crippen molar-refractivity contribution in [1.82, 2.24) is 4.90 Å². The molecule has 4 rings (SSSR count). The highest BCUT2D eigenvalue weighted by Gasteiger charge is 2.57. The van der Waals surface area contributed by atoms with Crippen LogP contribution in [-0.2, 0) is 14.3 Å². The first-order chi connectivity index (χ1) is 11.5. The molecule has 0 bridgehead atoms. The second kappa shape index (κ2) is 5.55. The molecule has 1 aliphatic carbocycles. The van der Waals surface area contributed by atoms with Crippen LogP contribution in [0.2, 0.25) is 0 Å². The van der Waals surface area contributed by atoms with Crippen LogP contribution in [0.4, 0.5) is 4.39 Å². The van der Waals surface area contributed by atoms with Gasteiger partial charge in [0.25, 0.3) is 0 Å². The van der Waals surface area contributed by atoms with Crippen LogP contribution in [0.15, 0.2) is 24.3 Å². The molecule has 3 fully saturated rings. The second-order valence-corrected chi connectivity index (χ2v) is 7.20. The molecule has 2 unspecified atom stereocenters. The number of halogens is 1. The maximum atomic E-state index is 13.0. The fraction of sp³-hybridized carbons (Fsp3) is 0.556. The largest absolute Gasteiger partial charge is 0.481 e. The molecule has 0 radical (unpaired) electrons. The van der Waals surface area contributed by atoms with E-state index in [1.807, 2.05) is 0 Å². The van der Waals surface area contributed by atoms with E-state index in [-0.39, 0.29) is 36.0 Å². The van der Waals surface area contributed by atoms with E-state index in [9.17, 15) is 19.1 Å². The molecule has 1 aromatic carbocycles. The van der Waals surface area contributed by atoms with Crippen molar-refractivity contribution in [2.24, 2.45) is 17.3 Å². The fourth-order valence-corrected chi connectivity index (χ4v) is 4.25. The lowest BCUT2D eigenvalue weighted by atomic mass is 9.74. The molecule has 0 aromatic heterocycles. The topological polar surface area (TPSA) is 66.8 Å². The summed E-state index contributed by atoms with van der Waals surface area (Å²) in [4.78, 5) is 26.3. The third-order valence-electron chi connectivity index (χ3n) is 5.85. The summed E-state index contributed by atoms with van der Waals surface area (Å²) in [7, 11) is 0. The number of carboxylic acids is 1. The van der Waals surface area contributed by atoms with E-state index in [1.165, 1.54) is 12.1 Å². The van der Waals surface area contributed by atoms with Gasteiger partial charge in [-0.2, -0.15) is 0 Å². The number of carboxylic acid groups (broad SMARTS) is 1. The van der Waals surface area contributed by atoms with Gasteiger partial charge in [0.05, 0.1) is 12.0 Å². The Labute approximate surface area is 139 Å². The van der Waals surface area contributed by atoms with Crippen LogP contribution in [-0.4, -0.2) is 48.2 Å².